The predicted octanol–water partition coefficient (Wildman–Crippen LogP) is 6.87. The van der Waals surface area contributed by atoms with E-state index in [9.17, 15) is 19.5 Å². The van der Waals surface area contributed by atoms with Crippen molar-refractivity contribution < 1.29 is 33.4 Å². The number of nitrogens with one attached hydrogen (secondary N) is 1. The molecule has 3 aromatic rings. The minimum absolute atomic E-state index is 0.0604. The Morgan fingerprint density at radius 1 is 0.976 bits per heavy atom. The van der Waals surface area contributed by atoms with Crippen LogP contribution in [0.5, 0.6) is 0 Å². The van der Waals surface area contributed by atoms with Crippen LogP contribution in [-0.2, 0) is 16.0 Å². The summed E-state index contributed by atoms with van der Waals surface area (Å²) in [5.41, 5.74) is 4.59. The lowest BCUT2D eigenvalue weighted by molar-refractivity contribution is 0.0454. The zero-order chi connectivity index (χ0) is 30.0. The number of furan rings is 1. The molecule has 1 fully saturated rings. The molecule has 1 aromatic heterocycles. The maximum absolute atomic E-state index is 13.8. The van der Waals surface area contributed by atoms with Crippen molar-refractivity contribution in [3.8, 4) is 11.1 Å². The fourth-order valence-corrected chi connectivity index (χ4v) is 5.99. The first-order valence-corrected chi connectivity index (χ1v) is 14.4. The molecule has 9 nitrogen and oxygen atoms in total. The van der Waals surface area contributed by atoms with Gasteiger partial charge in [0.15, 0.2) is 0 Å². The smallest absolute Gasteiger partial charge is 0.410 e. The Bertz CT molecular complexity index is 1420. The first-order chi connectivity index (χ1) is 20.0. The number of rotatable bonds is 7. The van der Waals surface area contributed by atoms with Gasteiger partial charge in [0, 0.05) is 23.6 Å². The summed E-state index contributed by atoms with van der Waals surface area (Å²) in [6.45, 7) is 7.51. The number of aryl methyl sites for hydroxylation is 1. The van der Waals surface area contributed by atoms with Crippen molar-refractivity contribution in [3.05, 3.63) is 82.8 Å². The number of benzene rings is 2. The van der Waals surface area contributed by atoms with Gasteiger partial charge in [-0.2, -0.15) is 0 Å². The second-order valence-corrected chi connectivity index (χ2v) is 12.1. The monoisotopic (exact) mass is 574 g/mol. The van der Waals surface area contributed by atoms with Gasteiger partial charge >= 0.3 is 18.2 Å². The van der Waals surface area contributed by atoms with Crippen LogP contribution in [0.15, 0.2) is 59.0 Å². The second-order valence-electron chi connectivity index (χ2n) is 12.1. The number of carboxylic acid groups (broad SMARTS) is 1. The highest BCUT2D eigenvalue weighted by molar-refractivity contribution is 5.84. The molecular weight excluding hydrogens is 536 g/mol. The molecule has 0 radical (unpaired) electrons. The van der Waals surface area contributed by atoms with E-state index in [1.165, 1.54) is 6.07 Å². The van der Waals surface area contributed by atoms with Crippen LogP contribution in [0.4, 0.5) is 9.59 Å². The molecular formula is C33H38N2O7. The van der Waals surface area contributed by atoms with Crippen molar-refractivity contribution in [2.45, 2.75) is 83.5 Å². The zero-order valence-corrected chi connectivity index (χ0v) is 24.5. The van der Waals surface area contributed by atoms with Gasteiger partial charge in [-0.1, -0.05) is 48.5 Å². The van der Waals surface area contributed by atoms with Gasteiger partial charge in [-0.25, -0.2) is 14.4 Å². The molecule has 9 heteroatoms. The van der Waals surface area contributed by atoms with Crippen molar-refractivity contribution in [2.75, 3.05) is 6.61 Å². The van der Waals surface area contributed by atoms with Gasteiger partial charge in [-0.15, -0.1) is 0 Å². The Balaban J connectivity index is 1.31. The van der Waals surface area contributed by atoms with Crippen LogP contribution < -0.4 is 5.32 Å². The first-order valence-electron chi connectivity index (χ1n) is 14.4. The van der Waals surface area contributed by atoms with Gasteiger partial charge in [0.1, 0.15) is 18.0 Å². The van der Waals surface area contributed by atoms with Gasteiger partial charge in [-0.05, 0) is 81.7 Å². The molecule has 0 saturated heterocycles. The number of carbonyl (C=O) groups excluding carboxylic acids is 2. The molecule has 2 N–H and O–H groups in total. The molecule has 2 aliphatic rings. The van der Waals surface area contributed by atoms with Crippen molar-refractivity contribution in [2.24, 2.45) is 0 Å². The van der Waals surface area contributed by atoms with Gasteiger partial charge in [0.05, 0.1) is 6.54 Å². The molecule has 2 aliphatic carbocycles. The molecule has 0 atom stereocenters. The van der Waals surface area contributed by atoms with E-state index in [-0.39, 0.29) is 36.9 Å². The summed E-state index contributed by atoms with van der Waals surface area (Å²) in [6.07, 6.45) is 1.72. The van der Waals surface area contributed by atoms with Crippen LogP contribution in [0.25, 0.3) is 11.1 Å². The topological polar surface area (TPSA) is 118 Å². The van der Waals surface area contributed by atoms with Crippen LogP contribution in [0.2, 0.25) is 0 Å². The van der Waals surface area contributed by atoms with E-state index >= 15 is 0 Å². The number of alkyl carbamates (subject to hydrolysis) is 1. The first kappa shape index (κ1) is 29.2. The lowest BCUT2D eigenvalue weighted by Crippen LogP contribution is -2.47. The number of nitrogens with zero attached hydrogens (tertiary/aromatic N) is 1. The Kier molecular flexibility index (Phi) is 8.29. The Morgan fingerprint density at radius 2 is 1.57 bits per heavy atom. The molecule has 1 saturated carbocycles. The molecule has 222 valence electrons. The van der Waals surface area contributed by atoms with E-state index in [0.29, 0.717) is 37.0 Å². The Hall–Kier alpha value is -4.27. The molecule has 1 heterocycles. The third-order valence-electron chi connectivity index (χ3n) is 8.00. The summed E-state index contributed by atoms with van der Waals surface area (Å²) in [5, 5.41) is 12.4. The molecule has 2 amide bonds. The van der Waals surface area contributed by atoms with Gasteiger partial charge in [0.25, 0.3) is 0 Å². The Labute approximate surface area is 245 Å². The molecule has 5 rings (SSSR count). The summed E-state index contributed by atoms with van der Waals surface area (Å²) in [6, 6.07) is 17.6. The highest BCUT2D eigenvalue weighted by Crippen LogP contribution is 2.44. The summed E-state index contributed by atoms with van der Waals surface area (Å²) < 4.78 is 16.8. The standard InChI is InChI=1S/C33H38N2O7/c1-20-21(17-29(41-20)30(36)37)18-35(23-15-13-22(14-16-23)34-31(38)42-33(2,3)4)32(39)40-19-28-26-11-7-5-9-24(26)25-10-6-8-12-27(25)28/h5-12,17,22-23,28H,13-16,18-19H2,1-4H3,(H,34,38)(H,36,37). The van der Waals surface area contributed by atoms with E-state index < -0.39 is 23.8 Å². The molecule has 2 aromatic carbocycles. The lowest BCUT2D eigenvalue weighted by Gasteiger charge is -2.36. The van der Waals surface area contributed by atoms with Crippen LogP contribution in [0, 0.1) is 6.92 Å². The number of hydrogen-bond acceptors (Lipinski definition) is 6. The fourth-order valence-electron chi connectivity index (χ4n) is 5.99. The minimum Gasteiger partial charge on any atom is -0.475 e. The average molecular weight is 575 g/mol. The molecule has 42 heavy (non-hydrogen) atoms. The number of ether oxygens (including phenoxy) is 2. The summed E-state index contributed by atoms with van der Waals surface area (Å²) in [7, 11) is 0. The third-order valence-corrected chi connectivity index (χ3v) is 8.00. The highest BCUT2D eigenvalue weighted by atomic mass is 16.6. The van der Waals surface area contributed by atoms with Crippen LogP contribution in [0.1, 0.15) is 85.4 Å². The van der Waals surface area contributed by atoms with E-state index in [4.69, 9.17) is 13.9 Å². The number of carboxylic acids is 1. The van der Waals surface area contributed by atoms with Gasteiger partial charge < -0.3 is 29.2 Å². The van der Waals surface area contributed by atoms with Gasteiger partial charge in [0.2, 0.25) is 5.76 Å². The number of carbonyl (C=O) groups is 3. The normalized spacial score (nSPS) is 18.1. The second kappa shape index (κ2) is 11.9. The summed E-state index contributed by atoms with van der Waals surface area (Å²) in [5.74, 6) is -0.957. The Morgan fingerprint density at radius 3 is 2.12 bits per heavy atom. The maximum Gasteiger partial charge on any atom is 0.410 e. The fraction of sp³-hybridized carbons (Fsp3) is 0.424. The van der Waals surface area contributed by atoms with Crippen molar-refractivity contribution in [3.63, 3.8) is 0 Å². The summed E-state index contributed by atoms with van der Waals surface area (Å²) in [4.78, 5) is 39.2. The van der Waals surface area contributed by atoms with Gasteiger partial charge in [-0.3, -0.25) is 0 Å². The van der Waals surface area contributed by atoms with Crippen LogP contribution in [0.3, 0.4) is 0 Å². The molecule has 0 aliphatic heterocycles. The zero-order valence-electron chi connectivity index (χ0n) is 24.5. The number of fused-ring (bicyclic) bond motifs is 3. The highest BCUT2D eigenvalue weighted by Gasteiger charge is 2.34. The molecule has 0 bridgehead atoms. The predicted molar refractivity (Wildman–Crippen MR) is 156 cm³/mol. The van der Waals surface area contributed by atoms with Crippen molar-refractivity contribution in [1.82, 2.24) is 10.2 Å². The number of aromatic carboxylic acids is 1. The van der Waals surface area contributed by atoms with Crippen LogP contribution in [-0.4, -0.2) is 52.5 Å². The van der Waals surface area contributed by atoms with Crippen molar-refractivity contribution in [1.29, 1.82) is 0 Å². The lowest BCUT2D eigenvalue weighted by atomic mass is 9.90. The van der Waals surface area contributed by atoms with E-state index in [1.54, 1.807) is 11.8 Å². The van der Waals surface area contributed by atoms with E-state index in [2.05, 4.69) is 29.6 Å². The third kappa shape index (κ3) is 6.45. The van der Waals surface area contributed by atoms with E-state index in [0.717, 1.165) is 22.3 Å². The van der Waals surface area contributed by atoms with Crippen LogP contribution >= 0.6 is 0 Å². The van der Waals surface area contributed by atoms with Crippen molar-refractivity contribution >= 4 is 18.2 Å². The number of amides is 2. The molecule has 0 spiro atoms. The summed E-state index contributed by atoms with van der Waals surface area (Å²) >= 11 is 0. The SMILES string of the molecule is Cc1oc(C(=O)O)cc1CN(C(=O)OCC1c2ccccc2-c2ccccc21)C1CCC(NC(=O)OC(C)(C)C)CC1. The largest absolute Gasteiger partial charge is 0.475 e. The number of hydrogen-bond donors (Lipinski definition) is 2. The quantitative estimate of drug-likeness (QED) is 0.316. The molecule has 0 unspecified atom stereocenters. The average Bonchev–Trinajstić information content (AvgIpc) is 3.47. The maximum atomic E-state index is 13.8. The van der Waals surface area contributed by atoms with E-state index in [1.807, 2.05) is 45.0 Å². The minimum atomic E-state index is -1.16.